The molecule has 7 heteroatoms. The molecule has 1 rings (SSSR count). The van der Waals surface area contributed by atoms with Gasteiger partial charge in [-0.3, -0.25) is 0 Å². The summed E-state index contributed by atoms with van der Waals surface area (Å²) in [5.74, 6) is 0. The Morgan fingerprint density at radius 1 is 1.29 bits per heavy atom. The molecule has 0 aromatic heterocycles. The molecule has 0 unspecified atom stereocenters. The molecule has 0 radical (unpaired) electrons. The van der Waals surface area contributed by atoms with E-state index in [4.69, 9.17) is 20.4 Å². The molecule has 6 N–H and O–H groups in total. The Labute approximate surface area is 79.8 Å². The summed E-state index contributed by atoms with van der Waals surface area (Å²) < 4.78 is 4.62. The molecule has 1 saturated heterocycles. The lowest BCUT2D eigenvalue weighted by Gasteiger charge is -2.26. The smallest absolute Gasteiger partial charge is 0.189 e. The Morgan fingerprint density at radius 2 is 1.86 bits per heavy atom. The van der Waals surface area contributed by atoms with Gasteiger partial charge in [-0.05, 0) is 0 Å². The van der Waals surface area contributed by atoms with Crippen LogP contribution in [-0.2, 0) is 4.74 Å². The second-order valence-corrected chi connectivity index (χ2v) is 3.30. The monoisotopic (exact) mass is 210 g/mol. The minimum Gasteiger partial charge on any atom is -0.394 e. The molecule has 0 spiro atoms. The molecule has 0 aromatic carbocycles. The molecule has 1 aliphatic heterocycles. The van der Waals surface area contributed by atoms with Crippen LogP contribution in [0.25, 0.3) is 0 Å². The molecule has 0 saturated carbocycles. The zero-order valence-corrected chi connectivity index (χ0v) is 7.32. The molecule has 0 aromatic rings. The number of hydrogen-bond acceptors (Lipinski definition) is 7. The number of rotatable bonds is 3. The van der Waals surface area contributed by atoms with Crippen LogP contribution < -0.4 is 0 Å². The number of aliphatic hydroxyl groups is 6. The molecule has 7 nitrogen and oxygen atoms in total. The summed E-state index contributed by atoms with van der Waals surface area (Å²) in [6, 6.07) is 0. The maximum Gasteiger partial charge on any atom is 0.189 e. The van der Waals surface area contributed by atoms with Gasteiger partial charge in [-0.15, -0.1) is 0 Å². The highest BCUT2D eigenvalue weighted by Gasteiger charge is 2.56. The first kappa shape index (κ1) is 11.8. The van der Waals surface area contributed by atoms with E-state index in [0.717, 1.165) is 0 Å². The molecule has 1 fully saturated rings. The lowest BCUT2D eigenvalue weighted by atomic mass is 9.94. The third-order valence-corrected chi connectivity index (χ3v) is 2.36. The Bertz CT molecular complexity index is 198. The van der Waals surface area contributed by atoms with E-state index < -0.39 is 43.4 Å². The topological polar surface area (TPSA) is 131 Å². The molecule has 84 valence electrons. The van der Waals surface area contributed by atoms with Crippen LogP contribution in [-0.4, -0.2) is 74.1 Å². The Hall–Kier alpha value is -0.280. The van der Waals surface area contributed by atoms with Gasteiger partial charge in [0.15, 0.2) is 11.9 Å². The molecule has 0 amide bonds. The van der Waals surface area contributed by atoms with E-state index in [1.54, 1.807) is 0 Å². The van der Waals surface area contributed by atoms with Crippen molar-refractivity contribution >= 4 is 0 Å². The first-order chi connectivity index (χ1) is 6.47. The molecule has 0 bridgehead atoms. The number of hydrogen-bond donors (Lipinski definition) is 6. The molecule has 1 heterocycles. The van der Waals surface area contributed by atoms with Gasteiger partial charge in [-0.2, -0.15) is 0 Å². The van der Waals surface area contributed by atoms with E-state index in [-0.39, 0.29) is 0 Å². The van der Waals surface area contributed by atoms with Gasteiger partial charge in [0, 0.05) is 0 Å². The van der Waals surface area contributed by atoms with Crippen LogP contribution in [0.1, 0.15) is 0 Å². The summed E-state index contributed by atoms with van der Waals surface area (Å²) in [4.78, 5) is 0. The fraction of sp³-hybridized carbons (Fsp3) is 1.00. The van der Waals surface area contributed by atoms with Crippen LogP contribution in [0, 0.1) is 0 Å². The van der Waals surface area contributed by atoms with Crippen LogP contribution in [0.2, 0.25) is 0 Å². The first-order valence-electron chi connectivity index (χ1n) is 4.11. The second kappa shape index (κ2) is 4.07. The summed E-state index contributed by atoms with van der Waals surface area (Å²) in [6.07, 6.45) is -6.22. The highest BCUT2D eigenvalue weighted by molar-refractivity contribution is 5.01. The summed E-state index contributed by atoms with van der Waals surface area (Å²) in [6.45, 7) is -1.60. The van der Waals surface area contributed by atoms with E-state index in [0.29, 0.717) is 0 Å². The average molecular weight is 210 g/mol. The van der Waals surface area contributed by atoms with E-state index in [1.807, 2.05) is 0 Å². The van der Waals surface area contributed by atoms with Gasteiger partial charge in [0.05, 0.1) is 13.2 Å². The Kier molecular flexibility index (Phi) is 3.43. The van der Waals surface area contributed by atoms with Crippen molar-refractivity contribution in [3.05, 3.63) is 0 Å². The lowest BCUT2D eigenvalue weighted by molar-refractivity contribution is -0.194. The van der Waals surface area contributed by atoms with Crippen LogP contribution >= 0.6 is 0 Å². The van der Waals surface area contributed by atoms with Crippen molar-refractivity contribution in [3.8, 4) is 0 Å². The van der Waals surface area contributed by atoms with E-state index >= 15 is 0 Å². The minimum absolute atomic E-state index is 0.685. The van der Waals surface area contributed by atoms with Crippen molar-refractivity contribution in [1.82, 2.24) is 0 Å². The fourth-order valence-electron chi connectivity index (χ4n) is 1.35. The highest BCUT2D eigenvalue weighted by atomic mass is 16.7. The standard InChI is InChI=1S/C7H14O7/c8-1-3(10)4-5(11)7(13,2-9)6(12)14-4/h3-6,8-13H,1-2H2/t3-,4+,5-,6+,7-/m1/s1. The zero-order chi connectivity index (χ0) is 10.9. The summed E-state index contributed by atoms with van der Waals surface area (Å²) in [5.41, 5.74) is -2.22. The molecule has 1 aliphatic rings. The van der Waals surface area contributed by atoms with Gasteiger partial charge < -0.3 is 35.4 Å². The Morgan fingerprint density at radius 3 is 2.21 bits per heavy atom. The predicted molar refractivity (Wildman–Crippen MR) is 42.0 cm³/mol. The van der Waals surface area contributed by atoms with E-state index in [9.17, 15) is 10.2 Å². The third-order valence-electron chi connectivity index (χ3n) is 2.36. The van der Waals surface area contributed by atoms with Crippen LogP contribution in [0.3, 0.4) is 0 Å². The minimum atomic E-state index is -2.22. The van der Waals surface area contributed by atoms with Crippen molar-refractivity contribution in [1.29, 1.82) is 0 Å². The maximum absolute atomic E-state index is 9.48. The molecule has 14 heavy (non-hydrogen) atoms. The number of ether oxygens (including phenoxy) is 1. The normalized spacial score (nSPS) is 45.4. The SMILES string of the molecule is OC[C@@H](O)[C@@H]1O[C@H](O)[C@@](O)(CO)[C@@H]1O. The van der Waals surface area contributed by atoms with Crippen molar-refractivity contribution < 1.29 is 35.4 Å². The van der Waals surface area contributed by atoms with Gasteiger partial charge in [-0.25, -0.2) is 0 Å². The summed E-state index contributed by atoms with van der Waals surface area (Å²) in [7, 11) is 0. The van der Waals surface area contributed by atoms with Crippen molar-refractivity contribution in [2.24, 2.45) is 0 Å². The molecule has 5 atom stereocenters. The van der Waals surface area contributed by atoms with Crippen molar-refractivity contribution in [2.45, 2.75) is 30.2 Å². The summed E-state index contributed by atoms with van der Waals surface area (Å²) >= 11 is 0. The van der Waals surface area contributed by atoms with Crippen molar-refractivity contribution in [2.75, 3.05) is 13.2 Å². The third kappa shape index (κ3) is 1.63. The van der Waals surface area contributed by atoms with Gasteiger partial charge in [0.1, 0.15) is 18.3 Å². The lowest BCUT2D eigenvalue weighted by Crippen LogP contribution is -2.52. The Balaban J connectivity index is 2.78. The van der Waals surface area contributed by atoms with Crippen LogP contribution in [0.15, 0.2) is 0 Å². The van der Waals surface area contributed by atoms with Crippen LogP contribution in [0.4, 0.5) is 0 Å². The van der Waals surface area contributed by atoms with Crippen LogP contribution in [0.5, 0.6) is 0 Å². The molecular formula is C7H14O7. The highest BCUT2D eigenvalue weighted by Crippen LogP contribution is 2.31. The average Bonchev–Trinajstić information content (AvgIpc) is 2.42. The van der Waals surface area contributed by atoms with Crippen molar-refractivity contribution in [3.63, 3.8) is 0 Å². The zero-order valence-electron chi connectivity index (χ0n) is 7.32. The van der Waals surface area contributed by atoms with Gasteiger partial charge >= 0.3 is 0 Å². The predicted octanol–water partition coefficient (Wildman–Crippen LogP) is -3.86. The quantitative estimate of drug-likeness (QED) is 0.281. The molecular weight excluding hydrogens is 196 g/mol. The number of aliphatic hydroxyl groups excluding tert-OH is 5. The summed E-state index contributed by atoms with van der Waals surface area (Å²) in [5, 5.41) is 54.5. The first-order valence-corrected chi connectivity index (χ1v) is 4.11. The largest absolute Gasteiger partial charge is 0.394 e. The van der Waals surface area contributed by atoms with E-state index in [2.05, 4.69) is 4.74 Å². The fourth-order valence-corrected chi connectivity index (χ4v) is 1.35. The van der Waals surface area contributed by atoms with Gasteiger partial charge in [0.25, 0.3) is 0 Å². The van der Waals surface area contributed by atoms with Gasteiger partial charge in [0.2, 0.25) is 0 Å². The van der Waals surface area contributed by atoms with Gasteiger partial charge in [-0.1, -0.05) is 0 Å². The molecule has 0 aliphatic carbocycles. The second-order valence-electron chi connectivity index (χ2n) is 3.30. The maximum atomic E-state index is 9.48. The van der Waals surface area contributed by atoms with E-state index in [1.165, 1.54) is 0 Å².